The highest BCUT2D eigenvalue weighted by molar-refractivity contribution is 7.89. The third-order valence-corrected chi connectivity index (χ3v) is 6.97. The van der Waals surface area contributed by atoms with E-state index in [2.05, 4.69) is 21.9 Å². The molecule has 0 radical (unpaired) electrons. The molecule has 158 valence electrons. The predicted molar refractivity (Wildman–Crippen MR) is 113 cm³/mol. The Balaban J connectivity index is 1.76. The van der Waals surface area contributed by atoms with Gasteiger partial charge in [0.05, 0.1) is 4.90 Å². The number of nitrogens with one attached hydrogen (secondary N) is 2. The van der Waals surface area contributed by atoms with Gasteiger partial charge in [-0.25, -0.2) is 13.1 Å². The Bertz CT molecular complexity index is 749. The van der Waals surface area contributed by atoms with Crippen LogP contribution in [0.5, 0.6) is 0 Å². The number of hydrogen-bond donors (Lipinski definition) is 2. The van der Waals surface area contributed by atoms with Crippen molar-refractivity contribution in [2.24, 2.45) is 0 Å². The number of rotatable bonds is 10. The van der Waals surface area contributed by atoms with E-state index in [4.69, 9.17) is 0 Å². The fourth-order valence-electron chi connectivity index (χ4n) is 3.53. The van der Waals surface area contributed by atoms with E-state index in [1.807, 2.05) is 13.8 Å². The lowest BCUT2D eigenvalue weighted by Gasteiger charge is -2.35. The molecule has 1 saturated heterocycles. The van der Waals surface area contributed by atoms with Crippen molar-refractivity contribution in [3.05, 3.63) is 29.3 Å². The minimum Gasteiger partial charge on any atom is -0.354 e. The van der Waals surface area contributed by atoms with Gasteiger partial charge in [-0.3, -0.25) is 9.69 Å². The van der Waals surface area contributed by atoms with Crippen molar-refractivity contribution in [1.82, 2.24) is 14.9 Å². The summed E-state index contributed by atoms with van der Waals surface area (Å²) in [5.41, 5.74) is 1.98. The Kier molecular flexibility index (Phi) is 8.92. The number of aryl methyl sites for hydroxylation is 2. The van der Waals surface area contributed by atoms with Crippen LogP contribution in [0.1, 0.15) is 56.6 Å². The third-order valence-electron chi connectivity index (χ3n) is 5.52. The zero-order chi connectivity index (χ0) is 20.6. The van der Waals surface area contributed by atoms with Crippen LogP contribution in [0.15, 0.2) is 23.1 Å². The lowest BCUT2D eigenvalue weighted by Crippen LogP contribution is -2.47. The minimum absolute atomic E-state index is 0.102. The highest BCUT2D eigenvalue weighted by Gasteiger charge is 2.22. The van der Waals surface area contributed by atoms with Crippen LogP contribution in [0, 0.1) is 13.8 Å². The van der Waals surface area contributed by atoms with Gasteiger partial charge in [0, 0.05) is 25.6 Å². The summed E-state index contributed by atoms with van der Waals surface area (Å²) in [5.74, 6) is -0.108. The number of carbonyl (C=O) groups excluding carboxylic acids is 1. The molecule has 1 unspecified atom stereocenters. The summed E-state index contributed by atoms with van der Waals surface area (Å²) in [5, 5.41) is 2.99. The predicted octanol–water partition coefficient (Wildman–Crippen LogP) is 2.74. The second-order valence-corrected chi connectivity index (χ2v) is 9.50. The molecule has 6 nitrogen and oxygen atoms in total. The molecule has 1 aliphatic rings. The van der Waals surface area contributed by atoms with E-state index in [-0.39, 0.29) is 23.8 Å². The van der Waals surface area contributed by atoms with Gasteiger partial charge >= 0.3 is 0 Å². The van der Waals surface area contributed by atoms with E-state index in [0.717, 1.165) is 30.6 Å². The molecule has 0 bridgehead atoms. The summed E-state index contributed by atoms with van der Waals surface area (Å²) in [6.45, 7) is 8.97. The molecule has 1 aromatic carbocycles. The maximum atomic E-state index is 12.4. The maximum absolute atomic E-state index is 12.4. The van der Waals surface area contributed by atoms with Crippen LogP contribution in [0.3, 0.4) is 0 Å². The number of piperidine rings is 1. The van der Waals surface area contributed by atoms with Gasteiger partial charge < -0.3 is 5.32 Å². The second kappa shape index (κ2) is 10.9. The number of hydrogen-bond acceptors (Lipinski definition) is 4. The largest absolute Gasteiger partial charge is 0.354 e. The Morgan fingerprint density at radius 1 is 1.21 bits per heavy atom. The van der Waals surface area contributed by atoms with Crippen molar-refractivity contribution in [1.29, 1.82) is 0 Å². The zero-order valence-electron chi connectivity index (χ0n) is 17.5. The van der Waals surface area contributed by atoms with E-state index in [1.165, 1.54) is 25.7 Å². The molecular formula is C21H35N3O3S. The van der Waals surface area contributed by atoms with Crippen LogP contribution >= 0.6 is 0 Å². The van der Waals surface area contributed by atoms with Gasteiger partial charge in [-0.05, 0) is 69.5 Å². The molecular weight excluding hydrogens is 374 g/mol. The van der Waals surface area contributed by atoms with Gasteiger partial charge in [-0.15, -0.1) is 0 Å². The van der Waals surface area contributed by atoms with Crippen molar-refractivity contribution in [3.63, 3.8) is 0 Å². The minimum atomic E-state index is -3.59. The van der Waals surface area contributed by atoms with E-state index < -0.39 is 10.0 Å². The van der Waals surface area contributed by atoms with E-state index in [0.29, 0.717) is 12.6 Å². The number of carbonyl (C=O) groups is 1. The highest BCUT2D eigenvalue weighted by Crippen LogP contribution is 2.17. The summed E-state index contributed by atoms with van der Waals surface area (Å²) in [6, 6.07) is 5.45. The van der Waals surface area contributed by atoms with Crippen LogP contribution in [-0.2, 0) is 14.8 Å². The maximum Gasteiger partial charge on any atom is 0.240 e. The summed E-state index contributed by atoms with van der Waals surface area (Å²) >= 11 is 0. The third kappa shape index (κ3) is 6.87. The smallest absolute Gasteiger partial charge is 0.240 e. The first kappa shape index (κ1) is 22.8. The summed E-state index contributed by atoms with van der Waals surface area (Å²) < 4.78 is 27.3. The normalized spacial score (nSPS) is 18.2. The number of likely N-dealkylation sites (tertiary alicyclic amines) is 1. The van der Waals surface area contributed by atoms with E-state index in [1.54, 1.807) is 18.2 Å². The Morgan fingerprint density at radius 2 is 2.00 bits per heavy atom. The van der Waals surface area contributed by atoms with Gasteiger partial charge in [0.1, 0.15) is 0 Å². The van der Waals surface area contributed by atoms with Crippen molar-refractivity contribution < 1.29 is 13.2 Å². The summed E-state index contributed by atoms with van der Waals surface area (Å²) in [6.07, 6.45) is 6.06. The molecule has 1 aromatic rings. The average molecular weight is 410 g/mol. The van der Waals surface area contributed by atoms with E-state index >= 15 is 0 Å². The number of benzene rings is 1. The monoisotopic (exact) mass is 409 g/mol. The molecule has 2 N–H and O–H groups in total. The molecule has 1 amide bonds. The molecule has 0 spiro atoms. The van der Waals surface area contributed by atoms with Crippen molar-refractivity contribution in [3.8, 4) is 0 Å². The standard InChI is InChI=1S/C21H35N3O3S/c1-4-5-13-24-14-7-6-8-19(24)16-22-21(25)11-12-23-28(26,27)20-10-9-17(2)18(3)15-20/h9-10,15,19,23H,4-8,11-14,16H2,1-3H3,(H,22,25). The molecule has 1 aliphatic heterocycles. The lowest BCUT2D eigenvalue weighted by atomic mass is 10.0. The Labute approximate surface area is 170 Å². The summed E-state index contributed by atoms with van der Waals surface area (Å²) in [4.78, 5) is 14.9. The van der Waals surface area contributed by atoms with Crippen LogP contribution in [0.4, 0.5) is 0 Å². The lowest BCUT2D eigenvalue weighted by molar-refractivity contribution is -0.121. The molecule has 28 heavy (non-hydrogen) atoms. The molecule has 2 rings (SSSR count). The van der Waals surface area contributed by atoms with Crippen LogP contribution < -0.4 is 10.0 Å². The summed E-state index contributed by atoms with van der Waals surface area (Å²) in [7, 11) is -3.59. The topological polar surface area (TPSA) is 78.5 Å². The first-order valence-electron chi connectivity index (χ1n) is 10.4. The fourth-order valence-corrected chi connectivity index (χ4v) is 4.65. The molecule has 1 fully saturated rings. The SMILES string of the molecule is CCCCN1CCCCC1CNC(=O)CCNS(=O)(=O)c1ccc(C)c(C)c1. The average Bonchev–Trinajstić information content (AvgIpc) is 2.67. The molecule has 1 atom stereocenters. The first-order chi connectivity index (χ1) is 13.3. The van der Waals surface area contributed by atoms with Gasteiger partial charge in [0.15, 0.2) is 0 Å². The quantitative estimate of drug-likeness (QED) is 0.623. The van der Waals surface area contributed by atoms with Crippen LogP contribution in [0.25, 0.3) is 0 Å². The molecule has 0 saturated carbocycles. The Hall–Kier alpha value is -1.44. The van der Waals surface area contributed by atoms with Crippen molar-refractivity contribution in [2.75, 3.05) is 26.2 Å². The highest BCUT2D eigenvalue weighted by atomic mass is 32.2. The molecule has 0 aliphatic carbocycles. The van der Waals surface area contributed by atoms with Gasteiger partial charge in [-0.2, -0.15) is 0 Å². The van der Waals surface area contributed by atoms with Gasteiger partial charge in [0.2, 0.25) is 15.9 Å². The van der Waals surface area contributed by atoms with Crippen LogP contribution in [-0.4, -0.2) is 51.4 Å². The number of sulfonamides is 1. The van der Waals surface area contributed by atoms with Gasteiger partial charge in [-0.1, -0.05) is 25.8 Å². The zero-order valence-corrected chi connectivity index (χ0v) is 18.3. The second-order valence-electron chi connectivity index (χ2n) is 7.74. The van der Waals surface area contributed by atoms with Crippen LogP contribution in [0.2, 0.25) is 0 Å². The molecule has 0 aromatic heterocycles. The number of nitrogens with zero attached hydrogens (tertiary/aromatic N) is 1. The van der Waals surface area contributed by atoms with Crippen molar-refractivity contribution >= 4 is 15.9 Å². The first-order valence-corrected chi connectivity index (χ1v) is 11.9. The number of unbranched alkanes of at least 4 members (excludes halogenated alkanes) is 1. The fraction of sp³-hybridized carbons (Fsp3) is 0.667. The van der Waals surface area contributed by atoms with Crippen molar-refractivity contribution in [2.45, 2.75) is 70.2 Å². The number of amides is 1. The van der Waals surface area contributed by atoms with E-state index in [9.17, 15) is 13.2 Å². The molecule has 1 heterocycles. The van der Waals surface area contributed by atoms with Gasteiger partial charge in [0.25, 0.3) is 0 Å². The Morgan fingerprint density at radius 3 is 2.71 bits per heavy atom. The molecule has 7 heteroatoms.